The van der Waals surface area contributed by atoms with E-state index in [1.54, 1.807) is 24.1 Å². The fraction of sp³-hybridized carbons (Fsp3) is 0.217. The predicted octanol–water partition coefficient (Wildman–Crippen LogP) is 3.66. The Morgan fingerprint density at radius 1 is 1.10 bits per heavy atom. The second-order valence-electron chi connectivity index (χ2n) is 7.24. The topological polar surface area (TPSA) is 80.5 Å². The van der Waals surface area contributed by atoms with Crippen LogP contribution in [0.1, 0.15) is 21.6 Å². The monoisotopic (exact) mass is 388 g/mol. The number of benzene rings is 2. The summed E-state index contributed by atoms with van der Waals surface area (Å²) in [5.74, 6) is 1.05. The molecule has 0 spiro atoms. The molecule has 2 aromatic carbocycles. The van der Waals surface area contributed by atoms with Crippen LogP contribution in [0.2, 0.25) is 0 Å². The van der Waals surface area contributed by atoms with Crippen molar-refractivity contribution in [2.45, 2.75) is 18.9 Å². The zero-order chi connectivity index (χ0) is 20.4. The number of ether oxygens (including phenoxy) is 1. The molecular formula is C23H24N4O2. The number of carbonyl (C=O) groups excluding carboxylic acids is 1. The van der Waals surface area contributed by atoms with Gasteiger partial charge in [-0.1, -0.05) is 36.4 Å². The first-order chi connectivity index (χ1) is 14.0. The number of aromatic nitrogens is 1. The third kappa shape index (κ3) is 3.87. The van der Waals surface area contributed by atoms with E-state index in [1.165, 1.54) is 11.1 Å². The molecule has 3 aromatic rings. The van der Waals surface area contributed by atoms with Crippen LogP contribution in [0.4, 0.5) is 17.2 Å². The molecule has 0 saturated heterocycles. The summed E-state index contributed by atoms with van der Waals surface area (Å²) in [6.45, 7) is 0. The Kier molecular flexibility index (Phi) is 5.08. The van der Waals surface area contributed by atoms with Crippen LogP contribution in [0.3, 0.4) is 0 Å². The van der Waals surface area contributed by atoms with E-state index in [2.05, 4.69) is 22.4 Å². The van der Waals surface area contributed by atoms with Crippen LogP contribution in [0, 0.1) is 0 Å². The van der Waals surface area contributed by atoms with Gasteiger partial charge in [-0.3, -0.25) is 4.79 Å². The summed E-state index contributed by atoms with van der Waals surface area (Å²) in [6.07, 6.45) is 1.71. The van der Waals surface area contributed by atoms with Crippen molar-refractivity contribution in [2.75, 3.05) is 25.2 Å². The molecule has 1 aromatic heterocycles. The molecule has 0 fully saturated rings. The Morgan fingerprint density at radius 2 is 1.76 bits per heavy atom. The van der Waals surface area contributed by atoms with Gasteiger partial charge in [-0.15, -0.1) is 0 Å². The number of likely N-dealkylation sites (N-methyl/N-ethyl adjacent to an activating group) is 1. The average Bonchev–Trinajstić information content (AvgIpc) is 3.17. The van der Waals surface area contributed by atoms with Gasteiger partial charge in [0.2, 0.25) is 0 Å². The zero-order valence-corrected chi connectivity index (χ0v) is 16.6. The summed E-state index contributed by atoms with van der Waals surface area (Å²) in [5.41, 5.74) is 10.2. The largest absolute Gasteiger partial charge is 0.495 e. The number of anilines is 3. The van der Waals surface area contributed by atoms with Gasteiger partial charge in [-0.25, -0.2) is 4.98 Å². The quantitative estimate of drug-likeness (QED) is 0.697. The van der Waals surface area contributed by atoms with E-state index in [0.717, 1.165) is 18.5 Å². The number of nitrogens with one attached hydrogen (secondary N) is 1. The van der Waals surface area contributed by atoms with E-state index in [4.69, 9.17) is 10.5 Å². The summed E-state index contributed by atoms with van der Waals surface area (Å²) >= 11 is 0. The van der Waals surface area contributed by atoms with E-state index in [9.17, 15) is 4.79 Å². The number of nitrogen functional groups attached to an aromatic ring is 1. The van der Waals surface area contributed by atoms with Gasteiger partial charge in [0.25, 0.3) is 5.91 Å². The molecule has 3 N–H and O–H groups in total. The number of methoxy groups -OCH3 is 1. The molecule has 4 rings (SSSR count). The maximum atomic E-state index is 13.1. The maximum absolute atomic E-state index is 13.1. The van der Waals surface area contributed by atoms with E-state index in [-0.39, 0.29) is 11.9 Å². The normalized spacial score (nSPS) is 13.0. The highest BCUT2D eigenvalue weighted by atomic mass is 16.5. The smallest absolute Gasteiger partial charge is 0.272 e. The van der Waals surface area contributed by atoms with Crippen molar-refractivity contribution in [3.05, 3.63) is 77.5 Å². The lowest BCUT2D eigenvalue weighted by atomic mass is 10.1. The van der Waals surface area contributed by atoms with Crippen molar-refractivity contribution in [2.24, 2.45) is 0 Å². The second-order valence-corrected chi connectivity index (χ2v) is 7.24. The van der Waals surface area contributed by atoms with Crippen LogP contribution in [-0.4, -0.2) is 36.0 Å². The van der Waals surface area contributed by atoms with Gasteiger partial charge < -0.3 is 20.7 Å². The highest BCUT2D eigenvalue weighted by molar-refractivity contribution is 5.94. The van der Waals surface area contributed by atoms with Gasteiger partial charge in [-0.05, 0) is 42.2 Å². The molecule has 0 aliphatic heterocycles. The Hall–Kier alpha value is -3.54. The average molecular weight is 388 g/mol. The first-order valence-electron chi connectivity index (χ1n) is 9.56. The van der Waals surface area contributed by atoms with Gasteiger partial charge in [-0.2, -0.15) is 0 Å². The molecule has 0 unspecified atom stereocenters. The molecule has 1 aliphatic rings. The van der Waals surface area contributed by atoms with Crippen molar-refractivity contribution in [1.29, 1.82) is 0 Å². The third-order valence-corrected chi connectivity index (χ3v) is 5.33. The minimum atomic E-state index is -0.141. The van der Waals surface area contributed by atoms with Crippen molar-refractivity contribution in [1.82, 2.24) is 9.88 Å². The lowest BCUT2D eigenvalue weighted by molar-refractivity contribution is 0.0732. The van der Waals surface area contributed by atoms with Crippen LogP contribution >= 0.6 is 0 Å². The Morgan fingerprint density at radius 3 is 2.45 bits per heavy atom. The summed E-state index contributed by atoms with van der Waals surface area (Å²) in [4.78, 5) is 19.4. The first-order valence-corrected chi connectivity index (χ1v) is 9.56. The van der Waals surface area contributed by atoms with E-state index in [1.807, 2.05) is 43.4 Å². The summed E-state index contributed by atoms with van der Waals surface area (Å²) in [5, 5.41) is 3.20. The van der Waals surface area contributed by atoms with Crippen molar-refractivity contribution < 1.29 is 9.53 Å². The highest BCUT2D eigenvalue weighted by Gasteiger charge is 2.28. The van der Waals surface area contributed by atoms with E-state index < -0.39 is 0 Å². The molecule has 148 valence electrons. The Labute approximate surface area is 170 Å². The van der Waals surface area contributed by atoms with Gasteiger partial charge in [0, 0.05) is 24.8 Å². The summed E-state index contributed by atoms with van der Waals surface area (Å²) in [6, 6.07) is 19.3. The summed E-state index contributed by atoms with van der Waals surface area (Å²) in [7, 11) is 3.44. The van der Waals surface area contributed by atoms with Crippen molar-refractivity contribution >= 4 is 23.1 Å². The van der Waals surface area contributed by atoms with Crippen LogP contribution in [0.5, 0.6) is 5.75 Å². The number of rotatable bonds is 5. The molecule has 1 heterocycles. The van der Waals surface area contributed by atoms with Gasteiger partial charge in [0.1, 0.15) is 17.3 Å². The standard InChI is InChI=1S/C23H24N4O2/c1-27(18-11-15-7-3-4-8-16(15)12-18)23(28)20-13-17(24)14-22(26-20)25-19-9-5-6-10-21(19)29-2/h3-10,13-14,18H,11-12H2,1-2H3,(H3,24,25,26). The van der Waals surface area contributed by atoms with Gasteiger partial charge >= 0.3 is 0 Å². The molecule has 6 nitrogen and oxygen atoms in total. The number of nitrogens with zero attached hydrogens (tertiary/aromatic N) is 2. The number of hydrogen-bond acceptors (Lipinski definition) is 5. The molecule has 1 amide bonds. The number of hydrogen-bond donors (Lipinski definition) is 2. The summed E-state index contributed by atoms with van der Waals surface area (Å²) < 4.78 is 5.37. The highest BCUT2D eigenvalue weighted by Crippen LogP contribution is 2.28. The number of amides is 1. The minimum Gasteiger partial charge on any atom is -0.495 e. The Bertz CT molecular complexity index is 1030. The number of nitrogens with two attached hydrogens (primary N) is 1. The van der Waals surface area contributed by atoms with E-state index in [0.29, 0.717) is 22.9 Å². The number of pyridine rings is 1. The number of para-hydroxylation sites is 2. The molecule has 0 bridgehead atoms. The number of fused-ring (bicyclic) bond motifs is 1. The predicted molar refractivity (Wildman–Crippen MR) is 115 cm³/mol. The van der Waals surface area contributed by atoms with Crippen LogP contribution in [0.25, 0.3) is 0 Å². The molecule has 0 atom stereocenters. The fourth-order valence-electron chi connectivity index (χ4n) is 3.77. The van der Waals surface area contributed by atoms with Crippen LogP contribution in [-0.2, 0) is 12.8 Å². The maximum Gasteiger partial charge on any atom is 0.272 e. The second kappa shape index (κ2) is 7.83. The number of carbonyl (C=O) groups is 1. The molecule has 6 heteroatoms. The Balaban J connectivity index is 1.55. The molecule has 0 saturated carbocycles. The van der Waals surface area contributed by atoms with Crippen molar-refractivity contribution in [3.8, 4) is 5.75 Å². The van der Waals surface area contributed by atoms with Crippen LogP contribution < -0.4 is 15.8 Å². The fourth-order valence-corrected chi connectivity index (χ4v) is 3.77. The zero-order valence-electron chi connectivity index (χ0n) is 16.6. The lowest BCUT2D eigenvalue weighted by Gasteiger charge is -2.24. The first kappa shape index (κ1) is 18.8. The molecule has 0 radical (unpaired) electrons. The van der Waals surface area contributed by atoms with Gasteiger partial charge in [0.15, 0.2) is 0 Å². The minimum absolute atomic E-state index is 0.119. The molecule has 29 heavy (non-hydrogen) atoms. The molecular weight excluding hydrogens is 364 g/mol. The SMILES string of the molecule is COc1ccccc1Nc1cc(N)cc(C(=O)N(C)C2Cc3ccccc3C2)n1. The van der Waals surface area contributed by atoms with E-state index >= 15 is 0 Å². The third-order valence-electron chi connectivity index (χ3n) is 5.33. The van der Waals surface area contributed by atoms with Crippen LogP contribution in [0.15, 0.2) is 60.7 Å². The van der Waals surface area contributed by atoms with Gasteiger partial charge in [0.05, 0.1) is 12.8 Å². The lowest BCUT2D eigenvalue weighted by Crippen LogP contribution is -2.38. The molecule has 1 aliphatic carbocycles. The van der Waals surface area contributed by atoms with Crippen molar-refractivity contribution in [3.63, 3.8) is 0 Å².